The van der Waals surface area contributed by atoms with Crippen LogP contribution in [0.15, 0.2) is 71.9 Å². The SMILES string of the molecule is Cc1ccc(S(=O)(=O)N(C)c2ccccc2NC(=O)O)c(C2CCN(c3ccncc3)CC2)c1. The van der Waals surface area contributed by atoms with E-state index in [2.05, 4.69) is 15.2 Å². The largest absolute Gasteiger partial charge is 0.465 e. The monoisotopic (exact) mass is 480 g/mol. The van der Waals surface area contributed by atoms with Gasteiger partial charge in [0.25, 0.3) is 10.0 Å². The third kappa shape index (κ3) is 4.84. The second kappa shape index (κ2) is 9.72. The zero-order chi connectivity index (χ0) is 24.3. The molecule has 3 aromatic rings. The Morgan fingerprint density at radius 2 is 1.76 bits per heavy atom. The van der Waals surface area contributed by atoms with Crippen molar-refractivity contribution in [2.24, 2.45) is 0 Å². The van der Waals surface area contributed by atoms with Gasteiger partial charge >= 0.3 is 6.09 Å². The van der Waals surface area contributed by atoms with Gasteiger partial charge in [-0.25, -0.2) is 13.2 Å². The topological polar surface area (TPSA) is 103 Å². The van der Waals surface area contributed by atoms with Crippen LogP contribution in [0.25, 0.3) is 0 Å². The van der Waals surface area contributed by atoms with Crippen LogP contribution >= 0.6 is 0 Å². The summed E-state index contributed by atoms with van der Waals surface area (Å²) >= 11 is 0. The van der Waals surface area contributed by atoms with Crippen molar-refractivity contribution >= 4 is 33.2 Å². The highest BCUT2D eigenvalue weighted by atomic mass is 32.2. The van der Waals surface area contributed by atoms with Gasteiger partial charge in [0.1, 0.15) is 0 Å². The molecule has 0 bridgehead atoms. The molecule has 9 heteroatoms. The molecule has 0 saturated carbocycles. The van der Waals surface area contributed by atoms with E-state index in [-0.39, 0.29) is 22.2 Å². The van der Waals surface area contributed by atoms with Crippen LogP contribution < -0.4 is 14.5 Å². The number of nitrogens with zero attached hydrogens (tertiary/aromatic N) is 3. The van der Waals surface area contributed by atoms with Gasteiger partial charge in [0, 0.05) is 38.2 Å². The number of piperidine rings is 1. The lowest BCUT2D eigenvalue weighted by Crippen LogP contribution is -2.34. The molecule has 8 nitrogen and oxygen atoms in total. The van der Waals surface area contributed by atoms with Crippen LogP contribution in [0, 0.1) is 6.92 Å². The number of nitrogens with one attached hydrogen (secondary N) is 1. The van der Waals surface area contributed by atoms with Gasteiger partial charge in [0.2, 0.25) is 0 Å². The predicted molar refractivity (Wildman–Crippen MR) is 133 cm³/mol. The Bertz CT molecular complexity index is 1270. The Hall–Kier alpha value is -3.59. The first kappa shape index (κ1) is 23.6. The van der Waals surface area contributed by atoms with E-state index in [1.807, 2.05) is 25.1 Å². The molecule has 2 heterocycles. The normalized spacial score (nSPS) is 14.6. The van der Waals surface area contributed by atoms with E-state index in [0.29, 0.717) is 0 Å². The molecule has 2 aromatic carbocycles. The second-order valence-electron chi connectivity index (χ2n) is 8.43. The molecule has 0 spiro atoms. The third-order valence-corrected chi connectivity index (χ3v) is 8.10. The van der Waals surface area contributed by atoms with Crippen LogP contribution in [0.3, 0.4) is 0 Å². The average molecular weight is 481 g/mol. The average Bonchev–Trinajstić information content (AvgIpc) is 2.84. The quantitative estimate of drug-likeness (QED) is 0.531. The van der Waals surface area contributed by atoms with Crippen LogP contribution in [0.2, 0.25) is 0 Å². The van der Waals surface area contributed by atoms with Crippen molar-refractivity contribution in [3.05, 3.63) is 78.1 Å². The van der Waals surface area contributed by atoms with E-state index >= 15 is 0 Å². The maximum Gasteiger partial charge on any atom is 0.409 e. The smallest absolute Gasteiger partial charge is 0.409 e. The number of aryl methyl sites for hydroxylation is 1. The number of aromatic nitrogens is 1. The van der Waals surface area contributed by atoms with Crippen LogP contribution in [0.1, 0.15) is 29.9 Å². The molecule has 2 N–H and O–H groups in total. The van der Waals surface area contributed by atoms with Crippen molar-refractivity contribution in [2.45, 2.75) is 30.6 Å². The molecule has 0 atom stereocenters. The standard InChI is InChI=1S/C25H28N4O4S/c1-18-7-8-24(34(32,33)28(2)23-6-4-3-5-22(23)27-25(30)31)21(17-18)19-11-15-29(16-12-19)20-9-13-26-14-10-20/h3-10,13-14,17,19,27H,11-12,15-16H2,1-2H3,(H,30,31). The van der Waals surface area contributed by atoms with Crippen molar-refractivity contribution in [3.63, 3.8) is 0 Å². The lowest BCUT2D eigenvalue weighted by Gasteiger charge is -2.35. The number of hydrogen-bond donors (Lipinski definition) is 2. The molecule has 1 amide bonds. The molecular formula is C25H28N4O4S. The first-order chi connectivity index (χ1) is 16.3. The number of rotatable bonds is 6. The summed E-state index contributed by atoms with van der Waals surface area (Å²) in [7, 11) is -2.48. The molecule has 178 valence electrons. The molecule has 1 fully saturated rings. The van der Waals surface area contributed by atoms with Crippen molar-refractivity contribution in [2.75, 3.05) is 34.7 Å². The first-order valence-corrected chi connectivity index (χ1v) is 12.5. The van der Waals surface area contributed by atoms with Crippen LogP contribution in [0.5, 0.6) is 0 Å². The van der Waals surface area contributed by atoms with E-state index in [9.17, 15) is 13.2 Å². The fourth-order valence-electron chi connectivity index (χ4n) is 4.47. The minimum Gasteiger partial charge on any atom is -0.465 e. The minimum atomic E-state index is -3.93. The van der Waals surface area contributed by atoms with Crippen LogP contribution in [-0.4, -0.2) is 44.7 Å². The van der Waals surface area contributed by atoms with E-state index in [1.54, 1.807) is 48.8 Å². The number of sulfonamides is 1. The lowest BCUT2D eigenvalue weighted by atomic mass is 9.88. The van der Waals surface area contributed by atoms with Gasteiger partial charge in [0.05, 0.1) is 16.3 Å². The van der Waals surface area contributed by atoms with E-state index in [4.69, 9.17) is 5.11 Å². The molecule has 1 saturated heterocycles. The Balaban J connectivity index is 1.64. The molecule has 1 aliphatic heterocycles. The van der Waals surface area contributed by atoms with Crippen LogP contribution in [-0.2, 0) is 10.0 Å². The number of amides is 1. The molecule has 0 aliphatic carbocycles. The van der Waals surface area contributed by atoms with Gasteiger partial charge in [-0.2, -0.15) is 0 Å². The van der Waals surface area contributed by atoms with Gasteiger partial charge < -0.3 is 10.0 Å². The third-order valence-electron chi connectivity index (χ3n) is 6.25. The second-order valence-corrected chi connectivity index (χ2v) is 10.4. The van der Waals surface area contributed by atoms with Crippen molar-refractivity contribution in [1.82, 2.24) is 4.98 Å². The van der Waals surface area contributed by atoms with Gasteiger partial charge in [-0.15, -0.1) is 0 Å². The number of carboxylic acid groups (broad SMARTS) is 1. The summed E-state index contributed by atoms with van der Waals surface area (Å²) in [6.45, 7) is 3.61. The molecule has 0 unspecified atom stereocenters. The Morgan fingerprint density at radius 3 is 2.44 bits per heavy atom. The maximum absolute atomic E-state index is 13.8. The van der Waals surface area contributed by atoms with Crippen molar-refractivity contribution < 1.29 is 18.3 Å². The lowest BCUT2D eigenvalue weighted by molar-refractivity contribution is 0.209. The molecule has 34 heavy (non-hydrogen) atoms. The number of carbonyl (C=O) groups is 1. The van der Waals surface area contributed by atoms with Gasteiger partial charge in [-0.3, -0.25) is 14.6 Å². The summed E-state index contributed by atoms with van der Waals surface area (Å²) in [6.07, 6.45) is 3.96. The summed E-state index contributed by atoms with van der Waals surface area (Å²) in [5.41, 5.74) is 3.41. The summed E-state index contributed by atoms with van der Waals surface area (Å²) in [4.78, 5) is 17.8. The zero-order valence-electron chi connectivity index (χ0n) is 19.2. The highest BCUT2D eigenvalue weighted by Crippen LogP contribution is 2.37. The Morgan fingerprint density at radius 1 is 1.09 bits per heavy atom. The number of hydrogen-bond acceptors (Lipinski definition) is 5. The van der Waals surface area contributed by atoms with Crippen molar-refractivity contribution in [1.29, 1.82) is 0 Å². The van der Waals surface area contributed by atoms with E-state index < -0.39 is 16.1 Å². The predicted octanol–water partition coefficient (Wildman–Crippen LogP) is 4.69. The van der Waals surface area contributed by atoms with Crippen LogP contribution in [0.4, 0.5) is 21.9 Å². The Labute approximate surface area is 199 Å². The summed E-state index contributed by atoms with van der Waals surface area (Å²) in [5, 5.41) is 11.4. The molecular weight excluding hydrogens is 452 g/mol. The number of pyridine rings is 1. The molecule has 0 radical (unpaired) electrons. The fourth-order valence-corrected chi connectivity index (χ4v) is 5.95. The van der Waals surface area contributed by atoms with E-state index in [1.165, 1.54) is 7.05 Å². The van der Waals surface area contributed by atoms with Gasteiger partial charge in [0.15, 0.2) is 0 Å². The minimum absolute atomic E-state index is 0.101. The molecule has 1 aromatic heterocycles. The van der Waals surface area contributed by atoms with E-state index in [0.717, 1.165) is 47.1 Å². The first-order valence-electron chi connectivity index (χ1n) is 11.1. The number of para-hydroxylation sites is 2. The maximum atomic E-state index is 13.8. The summed E-state index contributed by atoms with van der Waals surface area (Å²) in [5.74, 6) is 0.101. The van der Waals surface area contributed by atoms with Gasteiger partial charge in [-0.05, 0) is 61.6 Å². The Kier molecular flexibility index (Phi) is 6.74. The molecule has 4 rings (SSSR count). The number of anilines is 3. The van der Waals surface area contributed by atoms with Gasteiger partial charge in [-0.1, -0.05) is 29.8 Å². The zero-order valence-corrected chi connectivity index (χ0v) is 20.0. The highest BCUT2D eigenvalue weighted by Gasteiger charge is 2.30. The number of benzene rings is 2. The highest BCUT2D eigenvalue weighted by molar-refractivity contribution is 7.92. The summed E-state index contributed by atoms with van der Waals surface area (Å²) in [6, 6.07) is 15.9. The fraction of sp³-hybridized carbons (Fsp3) is 0.280. The van der Waals surface area contributed by atoms with Crippen molar-refractivity contribution in [3.8, 4) is 0 Å². The summed E-state index contributed by atoms with van der Waals surface area (Å²) < 4.78 is 28.7. The molecule has 1 aliphatic rings.